The molecular formula is C16H15ClFNO4S. The van der Waals surface area contributed by atoms with Crippen molar-refractivity contribution in [1.29, 1.82) is 0 Å². The van der Waals surface area contributed by atoms with E-state index in [0.29, 0.717) is 10.6 Å². The van der Waals surface area contributed by atoms with E-state index in [4.69, 9.17) is 21.1 Å². The van der Waals surface area contributed by atoms with Crippen LogP contribution in [-0.4, -0.2) is 25.6 Å². The highest BCUT2D eigenvalue weighted by Gasteiger charge is 2.21. The first-order valence-electron chi connectivity index (χ1n) is 6.89. The smallest absolute Gasteiger partial charge is 0.341 e. The Morgan fingerprint density at radius 2 is 2.04 bits per heavy atom. The number of hydrogen-bond acceptors (Lipinski definition) is 5. The van der Waals surface area contributed by atoms with E-state index in [2.05, 4.69) is 5.32 Å². The lowest BCUT2D eigenvalue weighted by Gasteiger charge is -2.09. The van der Waals surface area contributed by atoms with E-state index in [9.17, 15) is 14.0 Å². The number of anilines is 1. The number of rotatable bonds is 5. The number of thiophene rings is 1. The van der Waals surface area contributed by atoms with Gasteiger partial charge in [0.1, 0.15) is 16.6 Å². The van der Waals surface area contributed by atoms with Gasteiger partial charge in [0, 0.05) is 4.88 Å². The summed E-state index contributed by atoms with van der Waals surface area (Å²) in [4.78, 5) is 24.8. The molecule has 128 valence electrons. The van der Waals surface area contributed by atoms with Crippen molar-refractivity contribution in [3.8, 4) is 5.75 Å². The molecule has 0 aliphatic carbocycles. The van der Waals surface area contributed by atoms with Gasteiger partial charge in [-0.15, -0.1) is 11.3 Å². The van der Waals surface area contributed by atoms with Gasteiger partial charge in [0.15, 0.2) is 6.61 Å². The molecule has 0 saturated carbocycles. The maximum absolute atomic E-state index is 13.0. The SMILES string of the molecule is COC(=O)c1c(NC(=O)COc2ccc(F)cc2Cl)sc(C)c1C. The fourth-order valence-electron chi connectivity index (χ4n) is 1.96. The van der Waals surface area contributed by atoms with Crippen LogP contribution in [0.2, 0.25) is 5.02 Å². The molecule has 0 aliphatic heterocycles. The highest BCUT2D eigenvalue weighted by atomic mass is 35.5. The van der Waals surface area contributed by atoms with Gasteiger partial charge in [0.25, 0.3) is 5.91 Å². The lowest BCUT2D eigenvalue weighted by Crippen LogP contribution is -2.21. The standard InChI is InChI=1S/C16H15ClFNO4S/c1-8-9(2)24-15(14(8)16(21)22-3)19-13(20)7-23-12-5-4-10(18)6-11(12)17/h4-6H,7H2,1-3H3,(H,19,20). The molecule has 1 aromatic heterocycles. The molecule has 1 aromatic carbocycles. The van der Waals surface area contributed by atoms with Crippen molar-refractivity contribution in [3.05, 3.63) is 45.0 Å². The van der Waals surface area contributed by atoms with Crippen LogP contribution in [0, 0.1) is 19.7 Å². The molecule has 2 rings (SSSR count). The number of benzene rings is 1. The van der Waals surface area contributed by atoms with E-state index in [-0.39, 0.29) is 17.4 Å². The highest BCUT2D eigenvalue weighted by Crippen LogP contribution is 2.33. The molecule has 1 heterocycles. The number of halogens is 2. The Morgan fingerprint density at radius 3 is 2.67 bits per heavy atom. The summed E-state index contributed by atoms with van der Waals surface area (Å²) >= 11 is 7.10. The molecule has 0 spiro atoms. The van der Waals surface area contributed by atoms with E-state index in [0.717, 1.165) is 16.5 Å². The minimum atomic E-state index is -0.519. The number of ether oxygens (including phenoxy) is 2. The zero-order chi connectivity index (χ0) is 17.9. The first kappa shape index (κ1) is 18.2. The van der Waals surface area contributed by atoms with Crippen molar-refractivity contribution in [2.45, 2.75) is 13.8 Å². The Hall–Kier alpha value is -2.12. The van der Waals surface area contributed by atoms with Crippen molar-refractivity contribution in [1.82, 2.24) is 0 Å². The van der Waals surface area contributed by atoms with Crippen LogP contribution in [-0.2, 0) is 9.53 Å². The molecule has 2 aromatic rings. The number of methoxy groups -OCH3 is 1. The van der Waals surface area contributed by atoms with Crippen molar-refractivity contribution in [2.75, 3.05) is 19.0 Å². The maximum Gasteiger partial charge on any atom is 0.341 e. The molecule has 0 atom stereocenters. The van der Waals surface area contributed by atoms with E-state index in [1.54, 1.807) is 6.92 Å². The van der Waals surface area contributed by atoms with Gasteiger partial charge < -0.3 is 14.8 Å². The first-order valence-corrected chi connectivity index (χ1v) is 8.09. The quantitative estimate of drug-likeness (QED) is 0.808. The number of carbonyl (C=O) groups excluding carboxylic acids is 2. The second-order valence-electron chi connectivity index (χ2n) is 4.89. The molecule has 0 unspecified atom stereocenters. The molecule has 5 nitrogen and oxygen atoms in total. The summed E-state index contributed by atoms with van der Waals surface area (Å²) in [5.41, 5.74) is 1.08. The third-order valence-electron chi connectivity index (χ3n) is 3.28. The average Bonchev–Trinajstić information content (AvgIpc) is 2.80. The summed E-state index contributed by atoms with van der Waals surface area (Å²) in [6.07, 6.45) is 0. The molecule has 0 bridgehead atoms. The summed E-state index contributed by atoms with van der Waals surface area (Å²) in [6, 6.07) is 3.61. The average molecular weight is 372 g/mol. The summed E-state index contributed by atoms with van der Waals surface area (Å²) in [7, 11) is 1.28. The normalized spacial score (nSPS) is 10.4. The van der Waals surface area contributed by atoms with Gasteiger partial charge in [0.05, 0.1) is 17.7 Å². The van der Waals surface area contributed by atoms with Crippen LogP contribution >= 0.6 is 22.9 Å². The lowest BCUT2D eigenvalue weighted by atomic mass is 10.1. The topological polar surface area (TPSA) is 64.6 Å². The van der Waals surface area contributed by atoms with Crippen LogP contribution in [0.15, 0.2) is 18.2 Å². The Labute approximate surface area is 147 Å². The zero-order valence-corrected chi connectivity index (χ0v) is 14.8. The van der Waals surface area contributed by atoms with Crippen molar-refractivity contribution < 1.29 is 23.5 Å². The number of amides is 1. The minimum Gasteiger partial charge on any atom is -0.482 e. The fraction of sp³-hybridized carbons (Fsp3) is 0.250. The predicted octanol–water partition coefficient (Wildman–Crippen LogP) is 3.96. The van der Waals surface area contributed by atoms with Crippen LogP contribution < -0.4 is 10.1 Å². The van der Waals surface area contributed by atoms with Gasteiger partial charge in [0.2, 0.25) is 0 Å². The van der Waals surface area contributed by atoms with Crippen LogP contribution in [0.1, 0.15) is 20.8 Å². The maximum atomic E-state index is 13.0. The molecule has 0 fully saturated rings. The number of hydrogen-bond donors (Lipinski definition) is 1. The van der Waals surface area contributed by atoms with E-state index in [1.807, 2.05) is 6.92 Å². The molecule has 8 heteroatoms. The monoisotopic (exact) mass is 371 g/mol. The molecule has 24 heavy (non-hydrogen) atoms. The van der Waals surface area contributed by atoms with Crippen LogP contribution in [0.4, 0.5) is 9.39 Å². The van der Waals surface area contributed by atoms with Crippen molar-refractivity contribution in [2.24, 2.45) is 0 Å². The van der Waals surface area contributed by atoms with E-state index >= 15 is 0 Å². The van der Waals surface area contributed by atoms with Gasteiger partial charge in [-0.25, -0.2) is 9.18 Å². The molecule has 0 radical (unpaired) electrons. The summed E-state index contributed by atoms with van der Waals surface area (Å²) in [5.74, 6) is -1.29. The van der Waals surface area contributed by atoms with E-state index in [1.165, 1.54) is 30.6 Å². The van der Waals surface area contributed by atoms with Gasteiger partial charge in [-0.3, -0.25) is 4.79 Å². The summed E-state index contributed by atoms with van der Waals surface area (Å²) in [5, 5.41) is 3.09. The Morgan fingerprint density at radius 1 is 1.33 bits per heavy atom. The molecule has 0 saturated heterocycles. The Balaban J connectivity index is 2.07. The fourth-order valence-corrected chi connectivity index (χ4v) is 3.25. The predicted molar refractivity (Wildman–Crippen MR) is 90.7 cm³/mol. The summed E-state index contributed by atoms with van der Waals surface area (Å²) in [6.45, 7) is 3.29. The number of nitrogens with one attached hydrogen (secondary N) is 1. The third kappa shape index (κ3) is 4.04. The molecule has 1 amide bonds. The Kier molecular flexibility index (Phi) is 5.80. The van der Waals surface area contributed by atoms with Crippen LogP contribution in [0.3, 0.4) is 0 Å². The summed E-state index contributed by atoms with van der Waals surface area (Å²) < 4.78 is 23.0. The lowest BCUT2D eigenvalue weighted by molar-refractivity contribution is -0.118. The number of aryl methyl sites for hydroxylation is 1. The van der Waals surface area contributed by atoms with Crippen molar-refractivity contribution in [3.63, 3.8) is 0 Å². The van der Waals surface area contributed by atoms with Crippen molar-refractivity contribution >= 4 is 39.8 Å². The highest BCUT2D eigenvalue weighted by molar-refractivity contribution is 7.16. The third-order valence-corrected chi connectivity index (χ3v) is 4.70. The zero-order valence-electron chi connectivity index (χ0n) is 13.2. The second-order valence-corrected chi connectivity index (χ2v) is 6.52. The largest absolute Gasteiger partial charge is 0.482 e. The Bertz CT molecular complexity index is 791. The first-order chi connectivity index (χ1) is 11.3. The number of carbonyl (C=O) groups is 2. The number of esters is 1. The van der Waals surface area contributed by atoms with E-state index < -0.39 is 17.7 Å². The van der Waals surface area contributed by atoms with Gasteiger partial charge in [-0.2, -0.15) is 0 Å². The molecule has 0 aliphatic rings. The van der Waals surface area contributed by atoms with Crippen LogP contribution in [0.5, 0.6) is 5.75 Å². The molecule has 1 N–H and O–H groups in total. The van der Waals surface area contributed by atoms with Gasteiger partial charge in [-0.1, -0.05) is 11.6 Å². The second kappa shape index (κ2) is 7.63. The minimum absolute atomic E-state index is 0.0702. The van der Waals surface area contributed by atoms with Gasteiger partial charge >= 0.3 is 5.97 Å². The molecular weight excluding hydrogens is 357 g/mol. The van der Waals surface area contributed by atoms with Gasteiger partial charge in [-0.05, 0) is 37.6 Å². The van der Waals surface area contributed by atoms with Crippen LogP contribution in [0.25, 0.3) is 0 Å².